The maximum atomic E-state index is 13.5. The topological polar surface area (TPSA) is 25.2 Å². The maximum Gasteiger partial charge on any atom is 0.254 e. The van der Waals surface area contributed by atoms with Crippen LogP contribution in [-0.4, -0.2) is 21.4 Å². The van der Waals surface area contributed by atoms with Crippen LogP contribution >= 0.6 is 15.9 Å². The molecule has 1 heterocycles. The number of carbonyl (C=O) groups is 1. The first-order valence-electron chi connectivity index (χ1n) is 10.9. The molecule has 4 rings (SSSR count). The number of halogens is 1. The van der Waals surface area contributed by atoms with Gasteiger partial charge < -0.3 is 9.47 Å². The first kappa shape index (κ1) is 20.9. The smallest absolute Gasteiger partial charge is 0.254 e. The van der Waals surface area contributed by atoms with Crippen LogP contribution in [0.25, 0.3) is 0 Å². The summed E-state index contributed by atoms with van der Waals surface area (Å²) in [6.07, 6.45) is 8.02. The van der Waals surface area contributed by atoms with Gasteiger partial charge in [-0.3, -0.25) is 4.79 Å². The highest BCUT2D eigenvalue weighted by atomic mass is 79.9. The Hall–Kier alpha value is -2.33. The van der Waals surface area contributed by atoms with Crippen molar-refractivity contribution in [1.82, 2.24) is 9.47 Å². The van der Waals surface area contributed by atoms with Gasteiger partial charge in [-0.25, -0.2) is 0 Å². The highest BCUT2D eigenvalue weighted by Gasteiger charge is 2.27. The number of amides is 1. The fraction of sp³-hybridized carbons (Fsp3) is 0.346. The molecule has 1 aromatic heterocycles. The Kier molecular flexibility index (Phi) is 6.73. The summed E-state index contributed by atoms with van der Waals surface area (Å²) in [6, 6.07) is 21.0. The largest absolute Gasteiger partial charge is 0.345 e. The third-order valence-electron chi connectivity index (χ3n) is 6.10. The second-order valence-corrected chi connectivity index (χ2v) is 9.26. The van der Waals surface area contributed by atoms with Crippen LogP contribution in [-0.2, 0) is 13.1 Å². The van der Waals surface area contributed by atoms with Crippen LogP contribution in [0.4, 0.5) is 0 Å². The van der Waals surface area contributed by atoms with Crippen molar-refractivity contribution in [3.8, 4) is 0 Å². The Labute approximate surface area is 187 Å². The Bertz CT molecular complexity index is 969. The van der Waals surface area contributed by atoms with Gasteiger partial charge in [0, 0.05) is 34.5 Å². The van der Waals surface area contributed by atoms with Gasteiger partial charge in [0.25, 0.3) is 5.91 Å². The van der Waals surface area contributed by atoms with E-state index >= 15 is 0 Å². The second kappa shape index (κ2) is 9.65. The average molecular weight is 465 g/mol. The molecule has 0 spiro atoms. The number of benzene rings is 2. The number of hydrogen-bond donors (Lipinski definition) is 0. The van der Waals surface area contributed by atoms with Crippen molar-refractivity contribution in [2.24, 2.45) is 0 Å². The molecule has 3 nitrogen and oxygen atoms in total. The van der Waals surface area contributed by atoms with Crippen LogP contribution in [0, 0.1) is 6.92 Å². The van der Waals surface area contributed by atoms with E-state index in [1.165, 1.54) is 36.1 Å². The monoisotopic (exact) mass is 464 g/mol. The van der Waals surface area contributed by atoms with E-state index in [2.05, 4.69) is 74.9 Å². The first-order chi connectivity index (χ1) is 14.6. The van der Waals surface area contributed by atoms with E-state index in [0.29, 0.717) is 12.6 Å². The molecule has 0 bridgehead atoms. The zero-order chi connectivity index (χ0) is 20.9. The van der Waals surface area contributed by atoms with E-state index in [4.69, 9.17) is 0 Å². The molecule has 0 N–H and O–H groups in total. The first-order valence-corrected chi connectivity index (χ1v) is 11.7. The Morgan fingerprint density at radius 2 is 1.70 bits per heavy atom. The van der Waals surface area contributed by atoms with Crippen LogP contribution in [0.1, 0.15) is 59.3 Å². The third kappa shape index (κ3) is 5.04. The second-order valence-electron chi connectivity index (χ2n) is 8.34. The number of hydrogen-bond acceptors (Lipinski definition) is 1. The van der Waals surface area contributed by atoms with Crippen molar-refractivity contribution in [2.75, 3.05) is 0 Å². The quantitative estimate of drug-likeness (QED) is 0.404. The molecule has 1 amide bonds. The summed E-state index contributed by atoms with van der Waals surface area (Å²) in [7, 11) is 0. The predicted molar refractivity (Wildman–Crippen MR) is 126 cm³/mol. The zero-order valence-electron chi connectivity index (χ0n) is 17.6. The van der Waals surface area contributed by atoms with Crippen molar-refractivity contribution in [3.63, 3.8) is 0 Å². The summed E-state index contributed by atoms with van der Waals surface area (Å²) in [5.41, 5.74) is 4.41. The van der Waals surface area contributed by atoms with Gasteiger partial charge in [-0.2, -0.15) is 0 Å². The SMILES string of the molecule is Cc1ccc(C(=O)N(Cc2cccn2Cc2ccc(Br)cc2)C2CCCCC2)cc1. The lowest BCUT2D eigenvalue weighted by molar-refractivity contribution is 0.0608. The third-order valence-corrected chi connectivity index (χ3v) is 6.63. The molecule has 1 aliphatic rings. The van der Waals surface area contributed by atoms with Crippen LogP contribution in [0.3, 0.4) is 0 Å². The average Bonchev–Trinajstić information content (AvgIpc) is 3.21. The summed E-state index contributed by atoms with van der Waals surface area (Å²) < 4.78 is 3.35. The normalized spacial score (nSPS) is 14.6. The molecule has 30 heavy (non-hydrogen) atoms. The minimum absolute atomic E-state index is 0.151. The molecule has 0 radical (unpaired) electrons. The highest BCUT2D eigenvalue weighted by Crippen LogP contribution is 2.26. The van der Waals surface area contributed by atoms with Crippen molar-refractivity contribution in [2.45, 2.75) is 58.2 Å². The van der Waals surface area contributed by atoms with Gasteiger partial charge in [0.15, 0.2) is 0 Å². The predicted octanol–water partition coefficient (Wildman–Crippen LogP) is 6.58. The minimum atomic E-state index is 0.151. The lowest BCUT2D eigenvalue weighted by Gasteiger charge is -2.35. The number of nitrogens with zero attached hydrogens (tertiary/aromatic N) is 2. The lowest BCUT2D eigenvalue weighted by atomic mass is 9.93. The summed E-state index contributed by atoms with van der Waals surface area (Å²) in [5.74, 6) is 0.151. The van der Waals surface area contributed by atoms with Crippen LogP contribution in [0.15, 0.2) is 71.3 Å². The van der Waals surface area contributed by atoms with Crippen molar-refractivity contribution >= 4 is 21.8 Å². The van der Waals surface area contributed by atoms with Gasteiger partial charge in [-0.15, -0.1) is 0 Å². The molecular weight excluding hydrogens is 436 g/mol. The number of carbonyl (C=O) groups excluding carboxylic acids is 1. The highest BCUT2D eigenvalue weighted by molar-refractivity contribution is 9.10. The van der Waals surface area contributed by atoms with E-state index in [9.17, 15) is 4.79 Å². The standard InChI is InChI=1S/C26H29BrN2O/c1-20-9-13-22(14-10-20)26(30)29(24-6-3-2-4-7-24)19-25-8-5-17-28(25)18-21-11-15-23(27)16-12-21/h5,8-17,24H,2-4,6-7,18-19H2,1H3. The molecule has 0 atom stereocenters. The van der Waals surface area contributed by atoms with Crippen molar-refractivity contribution in [1.29, 1.82) is 0 Å². The Morgan fingerprint density at radius 3 is 2.40 bits per heavy atom. The summed E-state index contributed by atoms with van der Waals surface area (Å²) in [5, 5.41) is 0. The van der Waals surface area contributed by atoms with E-state index < -0.39 is 0 Å². The molecule has 1 fully saturated rings. The van der Waals surface area contributed by atoms with Crippen molar-refractivity contribution in [3.05, 3.63) is 93.7 Å². The fourth-order valence-electron chi connectivity index (χ4n) is 4.33. The molecule has 2 aromatic carbocycles. The summed E-state index contributed by atoms with van der Waals surface area (Å²) in [4.78, 5) is 15.6. The van der Waals surface area contributed by atoms with Gasteiger partial charge in [-0.1, -0.05) is 65.0 Å². The van der Waals surface area contributed by atoms with E-state index in [0.717, 1.165) is 29.4 Å². The molecular formula is C26H29BrN2O. The zero-order valence-corrected chi connectivity index (χ0v) is 19.1. The van der Waals surface area contributed by atoms with Crippen LogP contribution < -0.4 is 0 Å². The summed E-state index contributed by atoms with van der Waals surface area (Å²) in [6.45, 7) is 3.52. The molecule has 3 aromatic rings. The molecule has 156 valence electrons. The molecule has 0 unspecified atom stereocenters. The molecule has 1 saturated carbocycles. The fourth-order valence-corrected chi connectivity index (χ4v) is 4.59. The van der Waals surface area contributed by atoms with Gasteiger partial charge in [0.1, 0.15) is 0 Å². The van der Waals surface area contributed by atoms with Crippen LogP contribution in [0.5, 0.6) is 0 Å². The lowest BCUT2D eigenvalue weighted by Crippen LogP contribution is -2.41. The molecule has 0 aliphatic heterocycles. The van der Waals surface area contributed by atoms with Gasteiger partial charge >= 0.3 is 0 Å². The van der Waals surface area contributed by atoms with Crippen LogP contribution in [0.2, 0.25) is 0 Å². The number of aryl methyl sites for hydroxylation is 1. The number of aromatic nitrogens is 1. The van der Waals surface area contributed by atoms with Crippen molar-refractivity contribution < 1.29 is 4.79 Å². The molecule has 1 aliphatic carbocycles. The van der Waals surface area contributed by atoms with E-state index in [1.807, 2.05) is 24.3 Å². The number of rotatable bonds is 6. The summed E-state index contributed by atoms with van der Waals surface area (Å²) >= 11 is 3.51. The molecule has 0 saturated heterocycles. The maximum absolute atomic E-state index is 13.5. The van der Waals surface area contributed by atoms with Gasteiger partial charge in [0.05, 0.1) is 6.54 Å². The minimum Gasteiger partial charge on any atom is -0.345 e. The van der Waals surface area contributed by atoms with E-state index in [-0.39, 0.29) is 5.91 Å². The van der Waals surface area contributed by atoms with E-state index in [1.54, 1.807) is 0 Å². The Morgan fingerprint density at radius 1 is 1.00 bits per heavy atom. The Balaban J connectivity index is 1.57. The van der Waals surface area contributed by atoms with Gasteiger partial charge in [-0.05, 0) is 61.7 Å². The van der Waals surface area contributed by atoms with Gasteiger partial charge in [0.2, 0.25) is 0 Å². The molecule has 4 heteroatoms.